The van der Waals surface area contributed by atoms with E-state index in [9.17, 15) is 14.9 Å². The van der Waals surface area contributed by atoms with Gasteiger partial charge in [-0.1, -0.05) is 21.6 Å². The van der Waals surface area contributed by atoms with Crippen molar-refractivity contribution < 1.29 is 14.3 Å². The molecule has 0 radical (unpaired) electrons. The number of carbonyl (C=O) groups is 2. The van der Waals surface area contributed by atoms with Crippen molar-refractivity contribution in [2.24, 2.45) is 5.41 Å². The predicted octanol–water partition coefficient (Wildman–Crippen LogP) is 2.17. The first kappa shape index (κ1) is 17.5. The number of ether oxygens (including phenoxy) is 1. The Morgan fingerprint density at radius 3 is 2.62 bits per heavy atom. The summed E-state index contributed by atoms with van der Waals surface area (Å²) in [6.45, 7) is 3.58. The molecule has 4 atom stereocenters. The molecule has 1 aromatic rings. The van der Waals surface area contributed by atoms with Gasteiger partial charge in [0, 0.05) is 25.7 Å². The average Bonchev–Trinajstić information content (AvgIpc) is 2.93. The number of methoxy groups -OCH3 is 1. The molecule has 4 aliphatic heterocycles. The number of hydrogen-bond donors (Lipinski definition) is 0. The van der Waals surface area contributed by atoms with Crippen molar-refractivity contribution in [3.8, 4) is 11.9 Å². The lowest BCUT2D eigenvalue weighted by Crippen LogP contribution is -2.73. The third-order valence-corrected chi connectivity index (χ3v) is 9.33. The molecule has 4 fully saturated rings. The van der Waals surface area contributed by atoms with Crippen LogP contribution in [-0.4, -0.2) is 50.5 Å². The van der Waals surface area contributed by atoms with E-state index in [0.717, 1.165) is 5.56 Å². The maximum atomic E-state index is 13.4. The normalized spacial score (nSPS) is 38.3. The van der Waals surface area contributed by atoms with Crippen LogP contribution in [0.25, 0.3) is 0 Å². The molecule has 2 unspecified atom stereocenters. The highest BCUT2D eigenvalue weighted by Gasteiger charge is 2.74. The second kappa shape index (κ2) is 5.30. The Hall–Kier alpha value is -1.92. The number of likely N-dealkylation sites (N-methyl/N-ethyl adjacent to an activating group) is 1. The van der Waals surface area contributed by atoms with Crippen molar-refractivity contribution in [3.63, 3.8) is 0 Å². The second-order valence-corrected chi connectivity index (χ2v) is 10.0. The first-order chi connectivity index (χ1) is 12.2. The van der Waals surface area contributed by atoms with Gasteiger partial charge in [-0.25, -0.2) is 4.98 Å². The van der Waals surface area contributed by atoms with Crippen molar-refractivity contribution in [1.82, 2.24) is 14.8 Å². The molecular formula is C17H18N4O3S2. The number of amides is 2. The summed E-state index contributed by atoms with van der Waals surface area (Å²) in [6, 6.07) is 5.36. The number of pyridine rings is 1. The monoisotopic (exact) mass is 390 g/mol. The molecule has 4 saturated heterocycles. The Labute approximate surface area is 159 Å². The number of nitriles is 1. The van der Waals surface area contributed by atoms with Crippen LogP contribution < -0.4 is 4.74 Å². The molecule has 0 aromatic carbocycles. The Morgan fingerprint density at radius 2 is 2.04 bits per heavy atom. The maximum absolute atomic E-state index is 13.4. The molecule has 0 aliphatic carbocycles. The van der Waals surface area contributed by atoms with Crippen LogP contribution in [0.4, 0.5) is 0 Å². The number of fused-ring (bicyclic) bond motifs is 2. The maximum Gasteiger partial charge on any atom is 0.261 e. The quantitative estimate of drug-likeness (QED) is 0.715. The standard InChI is InChI=1S/C17H18N4O3S2/c1-15(9-18)8-17-14(23)20(3)16(2,25-26-17)13(22)21(17)12(15)10-5-6-11(24-4)19-7-10/h5-7,12H,8H2,1-4H3/t12?,15-,16-,17?/m1/s1. The van der Waals surface area contributed by atoms with Crippen LogP contribution in [0.1, 0.15) is 31.9 Å². The molecule has 5 rings (SSSR count). The van der Waals surface area contributed by atoms with Gasteiger partial charge in [-0.3, -0.25) is 9.59 Å². The van der Waals surface area contributed by atoms with Gasteiger partial charge in [-0.05, 0) is 25.5 Å². The lowest BCUT2D eigenvalue weighted by Gasteiger charge is -2.57. The first-order valence-corrected chi connectivity index (χ1v) is 10.3. The molecule has 0 saturated carbocycles. The highest BCUT2D eigenvalue weighted by atomic mass is 33.1. The lowest BCUT2D eigenvalue weighted by atomic mass is 9.80. The van der Waals surface area contributed by atoms with Crippen molar-refractivity contribution in [2.75, 3.05) is 14.2 Å². The van der Waals surface area contributed by atoms with Crippen LogP contribution >= 0.6 is 21.6 Å². The van der Waals surface area contributed by atoms with Crippen molar-refractivity contribution in [1.29, 1.82) is 5.26 Å². The van der Waals surface area contributed by atoms with Gasteiger partial charge in [-0.15, -0.1) is 0 Å². The molecule has 136 valence electrons. The summed E-state index contributed by atoms with van der Waals surface area (Å²) in [6.07, 6.45) is 1.91. The van der Waals surface area contributed by atoms with Crippen LogP contribution in [0.3, 0.4) is 0 Å². The minimum absolute atomic E-state index is 0.117. The summed E-state index contributed by atoms with van der Waals surface area (Å²) >= 11 is 0. The summed E-state index contributed by atoms with van der Waals surface area (Å²) in [5, 5.41) is 9.96. The van der Waals surface area contributed by atoms with Gasteiger partial charge in [0.25, 0.3) is 11.8 Å². The first-order valence-electron chi connectivity index (χ1n) is 8.13. The SMILES string of the molecule is COc1ccc(C2N3C(=O)[C@@]4(C)SSC3(C[C@]2(C)C#N)C(=O)N4C)cn1. The predicted molar refractivity (Wildman–Crippen MR) is 97.8 cm³/mol. The zero-order chi connectivity index (χ0) is 18.9. The minimum Gasteiger partial charge on any atom is -0.481 e. The Kier molecular flexibility index (Phi) is 3.57. The fourth-order valence-electron chi connectivity index (χ4n) is 4.09. The Bertz CT molecular complexity index is 857. The molecule has 1 spiro atoms. The van der Waals surface area contributed by atoms with Gasteiger partial charge in [0.1, 0.15) is 0 Å². The highest BCUT2D eigenvalue weighted by Crippen LogP contribution is 2.69. The Morgan fingerprint density at radius 1 is 1.31 bits per heavy atom. The van der Waals surface area contributed by atoms with Gasteiger partial charge in [0.15, 0.2) is 9.74 Å². The van der Waals surface area contributed by atoms with Crippen LogP contribution in [0.2, 0.25) is 0 Å². The molecule has 26 heavy (non-hydrogen) atoms. The third kappa shape index (κ3) is 1.89. The van der Waals surface area contributed by atoms with Gasteiger partial charge < -0.3 is 14.5 Å². The number of nitrogens with zero attached hydrogens (tertiary/aromatic N) is 4. The van der Waals surface area contributed by atoms with E-state index in [-0.39, 0.29) is 18.2 Å². The highest BCUT2D eigenvalue weighted by molar-refractivity contribution is 8.78. The smallest absolute Gasteiger partial charge is 0.261 e. The number of piperazine rings is 1. The molecule has 1 aromatic heterocycles. The topological polar surface area (TPSA) is 86.5 Å². The van der Waals surface area contributed by atoms with Gasteiger partial charge in [0.05, 0.1) is 24.6 Å². The van der Waals surface area contributed by atoms with E-state index >= 15 is 0 Å². The Balaban J connectivity index is 1.90. The van der Waals surface area contributed by atoms with Crippen molar-refractivity contribution in [2.45, 2.75) is 36.1 Å². The van der Waals surface area contributed by atoms with Crippen LogP contribution in [0, 0.1) is 16.7 Å². The number of rotatable bonds is 2. The molecule has 4 aliphatic rings. The van der Waals surface area contributed by atoms with Crippen LogP contribution in [0.5, 0.6) is 5.88 Å². The van der Waals surface area contributed by atoms with Gasteiger partial charge >= 0.3 is 0 Å². The van der Waals surface area contributed by atoms with E-state index in [1.807, 2.05) is 13.0 Å². The summed E-state index contributed by atoms with van der Waals surface area (Å²) in [5.41, 5.74) is -0.164. The largest absolute Gasteiger partial charge is 0.481 e. The summed E-state index contributed by atoms with van der Waals surface area (Å²) in [4.78, 5) is 32.0. The van der Waals surface area contributed by atoms with Crippen LogP contribution in [-0.2, 0) is 9.59 Å². The lowest BCUT2D eigenvalue weighted by molar-refractivity contribution is -0.164. The van der Waals surface area contributed by atoms with E-state index in [2.05, 4.69) is 11.1 Å². The van der Waals surface area contributed by atoms with Gasteiger partial charge in [-0.2, -0.15) is 5.26 Å². The average molecular weight is 390 g/mol. The summed E-state index contributed by atoms with van der Waals surface area (Å²) in [7, 11) is 6.00. The minimum atomic E-state index is -1.05. The molecule has 7 nitrogen and oxygen atoms in total. The molecule has 2 amide bonds. The fourth-order valence-corrected chi connectivity index (χ4v) is 7.68. The molecule has 2 bridgehead atoms. The second-order valence-electron chi connectivity index (χ2n) is 7.22. The number of carbonyl (C=O) groups excluding carboxylic acids is 2. The van der Waals surface area contributed by atoms with E-state index in [0.29, 0.717) is 5.88 Å². The number of aromatic nitrogens is 1. The third-order valence-electron chi connectivity index (χ3n) is 5.63. The zero-order valence-electron chi connectivity index (χ0n) is 14.8. The van der Waals surface area contributed by atoms with E-state index in [4.69, 9.17) is 4.74 Å². The van der Waals surface area contributed by atoms with Crippen molar-refractivity contribution >= 4 is 33.4 Å². The number of hydrogen-bond acceptors (Lipinski definition) is 7. The molecule has 0 N–H and O–H groups in total. The molecule has 5 heterocycles. The molecule has 9 heteroatoms. The van der Waals surface area contributed by atoms with Crippen molar-refractivity contribution in [3.05, 3.63) is 23.9 Å². The molecular weight excluding hydrogens is 372 g/mol. The van der Waals surface area contributed by atoms with E-state index in [1.54, 1.807) is 31.1 Å². The fraction of sp³-hybridized carbons (Fsp3) is 0.529. The van der Waals surface area contributed by atoms with Gasteiger partial charge in [0.2, 0.25) is 5.88 Å². The summed E-state index contributed by atoms with van der Waals surface area (Å²) < 4.78 is 5.11. The van der Waals surface area contributed by atoms with E-state index in [1.165, 1.54) is 33.6 Å². The van der Waals surface area contributed by atoms with Crippen LogP contribution in [0.15, 0.2) is 18.3 Å². The summed E-state index contributed by atoms with van der Waals surface area (Å²) in [5.74, 6) is 0.205. The van der Waals surface area contributed by atoms with E-state index < -0.39 is 21.2 Å². The zero-order valence-corrected chi connectivity index (χ0v) is 16.5.